The molecule has 1 unspecified atom stereocenters. The fourth-order valence-electron chi connectivity index (χ4n) is 1.19. The molecule has 0 aromatic carbocycles. The monoisotopic (exact) mass is 229 g/mol. The van der Waals surface area contributed by atoms with Crippen molar-refractivity contribution in [2.45, 2.75) is 11.7 Å². The summed E-state index contributed by atoms with van der Waals surface area (Å²) >= 11 is 0. The minimum Gasteiger partial charge on any atom is -0.290 e. The number of sulfonamides is 1. The van der Waals surface area contributed by atoms with Gasteiger partial charge in [-0.3, -0.25) is 4.84 Å². The van der Waals surface area contributed by atoms with Gasteiger partial charge in [0.2, 0.25) is 10.0 Å². The maximum atomic E-state index is 11.2. The third-order valence-electron chi connectivity index (χ3n) is 1.83. The second-order valence-electron chi connectivity index (χ2n) is 2.86. The van der Waals surface area contributed by atoms with Crippen LogP contribution in [0.1, 0.15) is 6.42 Å². The van der Waals surface area contributed by atoms with Crippen LogP contribution in [0.15, 0.2) is 0 Å². The number of rotatable bonds is 3. The van der Waals surface area contributed by atoms with Crippen molar-refractivity contribution < 1.29 is 21.7 Å². The first-order valence-electron chi connectivity index (χ1n) is 3.61. The van der Waals surface area contributed by atoms with Crippen LogP contribution in [-0.2, 0) is 24.7 Å². The molecule has 0 bridgehead atoms. The highest BCUT2D eigenvalue weighted by Gasteiger charge is 2.37. The van der Waals surface area contributed by atoms with Crippen LogP contribution in [0.3, 0.4) is 0 Å². The maximum Gasteiger partial charge on any atom is 0.237 e. The zero-order valence-electron chi connectivity index (χ0n) is 7.06. The van der Waals surface area contributed by atoms with Crippen LogP contribution in [0.4, 0.5) is 0 Å². The average Bonchev–Trinajstić information content (AvgIpc) is 2.30. The fraction of sp³-hybridized carbons (Fsp3) is 1.00. The zero-order valence-corrected chi connectivity index (χ0v) is 8.69. The van der Waals surface area contributed by atoms with Crippen molar-refractivity contribution in [3.8, 4) is 0 Å². The molecule has 8 heteroatoms. The second-order valence-corrected chi connectivity index (χ2v) is 7.01. The summed E-state index contributed by atoms with van der Waals surface area (Å²) in [6.45, 7) is 0. The Balaban J connectivity index is 2.77. The van der Waals surface area contributed by atoms with Crippen molar-refractivity contribution in [1.82, 2.24) is 4.89 Å². The summed E-state index contributed by atoms with van der Waals surface area (Å²) in [7, 11) is -5.64. The molecule has 1 aliphatic rings. The van der Waals surface area contributed by atoms with Gasteiger partial charge in [-0.2, -0.15) is 0 Å². The lowest BCUT2D eigenvalue weighted by atomic mass is 10.4. The number of hydrogen-bond donors (Lipinski definition) is 1. The molecule has 0 saturated carbocycles. The van der Waals surface area contributed by atoms with E-state index in [2.05, 4.69) is 4.84 Å². The maximum absolute atomic E-state index is 11.2. The lowest BCUT2D eigenvalue weighted by Gasteiger charge is -2.08. The standard InChI is InChI=1S/C5H11NO5S2/c1-11-6-13(9,10)5-2-3-12(7,8)4-5/h5-6H,2-4H2,1H3. The molecule has 1 N–H and O–H groups in total. The minimum atomic E-state index is -3.63. The van der Waals surface area contributed by atoms with Crippen molar-refractivity contribution in [2.75, 3.05) is 18.6 Å². The molecule has 0 radical (unpaired) electrons. The first-order chi connectivity index (χ1) is 5.87. The summed E-state index contributed by atoms with van der Waals surface area (Å²) in [6, 6.07) is 0. The highest BCUT2D eigenvalue weighted by molar-refractivity contribution is 7.95. The summed E-state index contributed by atoms with van der Waals surface area (Å²) in [5, 5.41) is -0.877. The number of hydrogen-bond acceptors (Lipinski definition) is 5. The van der Waals surface area contributed by atoms with Gasteiger partial charge in [0.1, 0.15) is 0 Å². The third kappa shape index (κ3) is 2.63. The Hall–Kier alpha value is -0.180. The van der Waals surface area contributed by atoms with Crippen LogP contribution in [0, 0.1) is 0 Å². The molecular formula is C5H11NO5S2. The summed E-state index contributed by atoms with van der Waals surface area (Å²) in [5.74, 6) is -0.381. The van der Waals surface area contributed by atoms with Crippen molar-refractivity contribution in [2.24, 2.45) is 0 Å². The molecule has 1 aliphatic heterocycles. The Morgan fingerprint density at radius 1 is 1.46 bits per heavy atom. The lowest BCUT2D eigenvalue weighted by Crippen LogP contribution is -2.34. The van der Waals surface area contributed by atoms with Crippen LogP contribution >= 0.6 is 0 Å². The van der Waals surface area contributed by atoms with E-state index < -0.39 is 25.1 Å². The normalized spacial score (nSPS) is 27.6. The van der Waals surface area contributed by atoms with E-state index in [9.17, 15) is 16.8 Å². The quantitative estimate of drug-likeness (QED) is 0.605. The van der Waals surface area contributed by atoms with Gasteiger partial charge in [-0.25, -0.2) is 16.8 Å². The van der Waals surface area contributed by atoms with Gasteiger partial charge >= 0.3 is 0 Å². The Bertz CT molecular complexity index is 370. The molecule has 0 amide bonds. The van der Waals surface area contributed by atoms with E-state index >= 15 is 0 Å². The van der Waals surface area contributed by atoms with Gasteiger partial charge in [0, 0.05) is 0 Å². The molecular weight excluding hydrogens is 218 g/mol. The third-order valence-corrected chi connectivity index (χ3v) is 5.49. The van der Waals surface area contributed by atoms with Crippen molar-refractivity contribution in [3.05, 3.63) is 0 Å². The van der Waals surface area contributed by atoms with Gasteiger partial charge < -0.3 is 0 Å². The second kappa shape index (κ2) is 3.52. The zero-order chi connectivity index (χ0) is 10.1. The van der Waals surface area contributed by atoms with Crippen LogP contribution < -0.4 is 4.89 Å². The molecule has 0 aromatic heterocycles. The molecule has 1 rings (SSSR count). The van der Waals surface area contributed by atoms with Crippen LogP contribution in [0.25, 0.3) is 0 Å². The first kappa shape index (κ1) is 10.9. The summed E-state index contributed by atoms with van der Waals surface area (Å²) in [5.41, 5.74) is 0. The largest absolute Gasteiger partial charge is 0.290 e. The van der Waals surface area contributed by atoms with Crippen LogP contribution in [0.2, 0.25) is 0 Å². The van der Waals surface area contributed by atoms with Gasteiger partial charge in [0.15, 0.2) is 9.84 Å². The Morgan fingerprint density at radius 2 is 2.08 bits per heavy atom. The molecule has 1 atom stereocenters. The Morgan fingerprint density at radius 3 is 2.46 bits per heavy atom. The van der Waals surface area contributed by atoms with Crippen LogP contribution in [0.5, 0.6) is 0 Å². The summed E-state index contributed by atoms with van der Waals surface area (Å²) in [6.07, 6.45) is 0.140. The van der Waals surface area contributed by atoms with Crippen molar-refractivity contribution >= 4 is 19.9 Å². The lowest BCUT2D eigenvalue weighted by molar-refractivity contribution is 0.152. The van der Waals surface area contributed by atoms with Gasteiger partial charge in [-0.1, -0.05) is 4.89 Å². The molecule has 0 aromatic rings. The SMILES string of the molecule is CONS(=O)(=O)C1CCS(=O)(=O)C1. The topological polar surface area (TPSA) is 89.5 Å². The van der Waals surface area contributed by atoms with Gasteiger partial charge in [-0.05, 0) is 6.42 Å². The van der Waals surface area contributed by atoms with Gasteiger partial charge in [0.05, 0.1) is 23.9 Å². The van der Waals surface area contributed by atoms with E-state index in [1.54, 1.807) is 0 Å². The van der Waals surface area contributed by atoms with Gasteiger partial charge in [0.25, 0.3) is 0 Å². The highest BCUT2D eigenvalue weighted by atomic mass is 32.2. The van der Waals surface area contributed by atoms with Gasteiger partial charge in [-0.15, -0.1) is 0 Å². The molecule has 13 heavy (non-hydrogen) atoms. The van der Waals surface area contributed by atoms with E-state index in [0.717, 1.165) is 0 Å². The molecule has 1 saturated heterocycles. The van der Waals surface area contributed by atoms with E-state index in [1.165, 1.54) is 7.11 Å². The van der Waals surface area contributed by atoms with Crippen molar-refractivity contribution in [1.29, 1.82) is 0 Å². The summed E-state index contributed by atoms with van der Waals surface area (Å²) < 4.78 is 44.4. The smallest absolute Gasteiger partial charge is 0.237 e. The van der Waals surface area contributed by atoms with E-state index in [1.807, 2.05) is 4.89 Å². The molecule has 1 fully saturated rings. The molecule has 78 valence electrons. The predicted octanol–water partition coefficient (Wildman–Crippen LogP) is -1.35. The molecule has 0 aliphatic carbocycles. The Labute approximate surface area is 77.2 Å². The molecule has 6 nitrogen and oxygen atoms in total. The predicted molar refractivity (Wildman–Crippen MR) is 46.1 cm³/mol. The minimum absolute atomic E-state index is 0.0672. The molecule has 0 spiro atoms. The number of nitrogens with one attached hydrogen (secondary N) is 1. The Kier molecular flexibility index (Phi) is 2.95. The first-order valence-corrected chi connectivity index (χ1v) is 6.98. The summed E-state index contributed by atoms with van der Waals surface area (Å²) in [4.78, 5) is 6.06. The van der Waals surface area contributed by atoms with E-state index in [-0.39, 0.29) is 17.9 Å². The van der Waals surface area contributed by atoms with Crippen molar-refractivity contribution in [3.63, 3.8) is 0 Å². The highest BCUT2D eigenvalue weighted by Crippen LogP contribution is 2.17. The van der Waals surface area contributed by atoms with E-state index in [0.29, 0.717) is 0 Å². The molecule has 1 heterocycles. The van der Waals surface area contributed by atoms with Crippen LogP contribution in [-0.4, -0.2) is 40.7 Å². The average molecular weight is 229 g/mol. The number of sulfone groups is 1. The fourth-order valence-corrected chi connectivity index (χ4v) is 5.02. The van der Waals surface area contributed by atoms with E-state index in [4.69, 9.17) is 0 Å².